The number of aromatic nitrogens is 2. The van der Waals surface area contributed by atoms with E-state index in [1.165, 1.54) is 18.5 Å². The lowest BCUT2D eigenvalue weighted by atomic mass is 10.0. The van der Waals surface area contributed by atoms with Crippen molar-refractivity contribution in [1.29, 1.82) is 0 Å². The molecule has 0 atom stereocenters. The normalized spacial score (nSPS) is 17.4. The van der Waals surface area contributed by atoms with Crippen molar-refractivity contribution >= 4 is 38.6 Å². The second-order valence-corrected chi connectivity index (χ2v) is 15.3. The summed E-state index contributed by atoms with van der Waals surface area (Å²) in [6.07, 6.45) is 4.33. The molecule has 44 heavy (non-hydrogen) atoms. The first-order chi connectivity index (χ1) is 21.0. The summed E-state index contributed by atoms with van der Waals surface area (Å²) in [6.45, 7) is 14.1. The van der Waals surface area contributed by atoms with E-state index >= 15 is 0 Å². The minimum Gasteiger partial charge on any atom is -0.491 e. The van der Waals surface area contributed by atoms with E-state index in [2.05, 4.69) is 50.2 Å². The third kappa shape index (κ3) is 7.65. The van der Waals surface area contributed by atoms with Crippen LogP contribution in [0.1, 0.15) is 51.9 Å². The van der Waals surface area contributed by atoms with Crippen molar-refractivity contribution in [2.45, 2.75) is 69.2 Å². The number of para-hydroxylation sites is 1. The van der Waals surface area contributed by atoms with Crippen LogP contribution in [0.4, 0.5) is 17.2 Å². The van der Waals surface area contributed by atoms with Crippen LogP contribution in [0, 0.1) is 0 Å². The van der Waals surface area contributed by atoms with E-state index in [1.807, 2.05) is 13.8 Å². The third-order valence-electron chi connectivity index (χ3n) is 8.51. The number of anilines is 3. The zero-order valence-electron chi connectivity index (χ0n) is 26.5. The maximum Gasteiger partial charge on any atom is 0.182 e. The molecule has 2 aliphatic heterocycles. The Morgan fingerprint density at radius 2 is 1.70 bits per heavy atom. The van der Waals surface area contributed by atoms with Crippen molar-refractivity contribution in [1.82, 2.24) is 19.8 Å². The van der Waals surface area contributed by atoms with E-state index in [1.54, 1.807) is 44.3 Å². The highest BCUT2D eigenvalue weighted by Gasteiger charge is 2.27. The van der Waals surface area contributed by atoms with Crippen LogP contribution in [0.3, 0.4) is 0 Å². The average Bonchev–Trinajstić information content (AvgIpc) is 3.00. The molecule has 9 nitrogen and oxygen atoms in total. The van der Waals surface area contributed by atoms with E-state index < -0.39 is 15.1 Å². The van der Waals surface area contributed by atoms with Gasteiger partial charge in [0.15, 0.2) is 15.7 Å². The van der Waals surface area contributed by atoms with Crippen molar-refractivity contribution in [3.63, 3.8) is 0 Å². The number of likely N-dealkylation sites (N-methyl/N-ethyl adjacent to an activating group) is 1. The number of piperidine rings is 1. The number of hydrogen-bond acceptors (Lipinski definition) is 9. The summed E-state index contributed by atoms with van der Waals surface area (Å²) in [5.41, 5.74) is 2.58. The van der Waals surface area contributed by atoms with Gasteiger partial charge in [-0.2, -0.15) is 0 Å². The fourth-order valence-corrected chi connectivity index (χ4v) is 7.21. The molecule has 238 valence electrons. The molecule has 11 heteroatoms. The largest absolute Gasteiger partial charge is 0.491 e. The number of halogens is 1. The summed E-state index contributed by atoms with van der Waals surface area (Å²) >= 11 is 6.48. The van der Waals surface area contributed by atoms with Gasteiger partial charge in [-0.15, -0.1) is 0 Å². The van der Waals surface area contributed by atoms with Gasteiger partial charge >= 0.3 is 0 Å². The number of rotatable bonds is 10. The number of hydrogen-bond donors (Lipinski definition) is 1. The van der Waals surface area contributed by atoms with Gasteiger partial charge in [0.25, 0.3) is 0 Å². The third-order valence-corrected chi connectivity index (χ3v) is 11.0. The van der Waals surface area contributed by atoms with Gasteiger partial charge in [0, 0.05) is 69.0 Å². The van der Waals surface area contributed by atoms with Gasteiger partial charge in [0.1, 0.15) is 16.6 Å². The number of nitrogens with zero attached hydrogens (tertiary/aromatic N) is 5. The molecule has 0 aliphatic carbocycles. The minimum absolute atomic E-state index is 0.00902. The van der Waals surface area contributed by atoms with E-state index in [0.29, 0.717) is 34.8 Å². The van der Waals surface area contributed by atoms with Gasteiger partial charge in [-0.05, 0) is 65.8 Å². The van der Waals surface area contributed by atoms with E-state index in [9.17, 15) is 8.42 Å². The van der Waals surface area contributed by atoms with Crippen molar-refractivity contribution in [2.75, 3.05) is 56.5 Å². The van der Waals surface area contributed by atoms with Crippen LogP contribution >= 0.6 is 11.6 Å². The number of piperazine rings is 1. The second-order valence-electron chi connectivity index (χ2n) is 12.4. The molecule has 0 spiro atoms. The first kappa shape index (κ1) is 32.5. The van der Waals surface area contributed by atoms with Crippen molar-refractivity contribution in [3.8, 4) is 5.75 Å². The van der Waals surface area contributed by atoms with E-state index in [0.717, 1.165) is 50.6 Å². The van der Waals surface area contributed by atoms with Crippen molar-refractivity contribution in [2.24, 2.45) is 0 Å². The van der Waals surface area contributed by atoms with Crippen molar-refractivity contribution in [3.05, 3.63) is 65.1 Å². The highest BCUT2D eigenvalue weighted by molar-refractivity contribution is 7.92. The van der Waals surface area contributed by atoms with Gasteiger partial charge in [-0.3, -0.25) is 4.90 Å². The SMILES string of the molecule is CC(C)Oc1cc(N2CCC(N3CCN(C)CC3)CC2)ccc1Cc1ncc(Cl)c(Nc2ccccc2S(=O)(=O)C(C)C)n1. The summed E-state index contributed by atoms with van der Waals surface area (Å²) < 4.78 is 32.2. The van der Waals surface area contributed by atoms with Gasteiger partial charge in [-0.1, -0.05) is 29.8 Å². The Hall–Kier alpha value is -2.92. The van der Waals surface area contributed by atoms with E-state index in [4.69, 9.17) is 21.3 Å². The Bertz CT molecular complexity index is 1530. The zero-order chi connectivity index (χ0) is 31.4. The number of nitrogens with one attached hydrogen (secondary N) is 1. The fourth-order valence-electron chi connectivity index (χ4n) is 5.87. The summed E-state index contributed by atoms with van der Waals surface area (Å²) in [7, 11) is -1.31. The van der Waals surface area contributed by atoms with Gasteiger partial charge in [0.2, 0.25) is 0 Å². The summed E-state index contributed by atoms with van der Waals surface area (Å²) in [4.78, 5) is 16.9. The molecule has 2 saturated heterocycles. The van der Waals surface area contributed by atoms with Crippen LogP contribution < -0.4 is 15.0 Å². The maximum absolute atomic E-state index is 13.0. The van der Waals surface area contributed by atoms with Crippen molar-refractivity contribution < 1.29 is 13.2 Å². The van der Waals surface area contributed by atoms with Crippen LogP contribution in [-0.2, 0) is 16.3 Å². The molecule has 5 rings (SSSR count). The molecule has 1 aromatic heterocycles. The van der Waals surface area contributed by atoms with Crippen LogP contribution in [0.2, 0.25) is 5.02 Å². The van der Waals surface area contributed by atoms with Crippen LogP contribution in [0.5, 0.6) is 5.75 Å². The highest BCUT2D eigenvalue weighted by Crippen LogP contribution is 2.33. The number of sulfone groups is 1. The second kappa shape index (κ2) is 14.0. The molecule has 2 fully saturated rings. The summed E-state index contributed by atoms with van der Waals surface area (Å²) in [5, 5.41) is 2.89. The Labute approximate surface area is 267 Å². The molecule has 3 aromatic rings. The molecule has 0 saturated carbocycles. The first-order valence-electron chi connectivity index (χ1n) is 15.6. The Morgan fingerprint density at radius 3 is 2.39 bits per heavy atom. The molecule has 0 radical (unpaired) electrons. The molecule has 0 amide bonds. The Kier molecular flexibility index (Phi) is 10.3. The molecule has 3 heterocycles. The van der Waals surface area contributed by atoms with Gasteiger partial charge < -0.3 is 19.9 Å². The zero-order valence-corrected chi connectivity index (χ0v) is 28.0. The predicted octanol–water partition coefficient (Wildman–Crippen LogP) is 5.65. The Morgan fingerprint density at radius 1 is 1.00 bits per heavy atom. The molecule has 2 aromatic carbocycles. The molecule has 1 N–H and O–H groups in total. The van der Waals surface area contributed by atoms with E-state index in [-0.39, 0.29) is 11.0 Å². The first-order valence-corrected chi connectivity index (χ1v) is 17.5. The molecule has 2 aliphatic rings. The van der Waals surface area contributed by atoms with Crippen LogP contribution in [-0.4, -0.2) is 91.9 Å². The topological polar surface area (TPSA) is 90.9 Å². The number of benzene rings is 2. The molecular formula is C33H45ClN6O3S. The molecular weight excluding hydrogens is 596 g/mol. The molecule has 0 unspecified atom stereocenters. The van der Waals surface area contributed by atoms with Gasteiger partial charge in [0.05, 0.1) is 28.1 Å². The smallest absolute Gasteiger partial charge is 0.182 e. The lowest BCUT2D eigenvalue weighted by Gasteiger charge is -2.42. The van der Waals surface area contributed by atoms with Crippen LogP contribution in [0.15, 0.2) is 53.6 Å². The van der Waals surface area contributed by atoms with Gasteiger partial charge in [-0.25, -0.2) is 18.4 Å². The highest BCUT2D eigenvalue weighted by atomic mass is 35.5. The summed E-state index contributed by atoms with van der Waals surface area (Å²) in [6, 6.07) is 13.9. The number of ether oxygens (including phenoxy) is 1. The fraction of sp³-hybridized carbons (Fsp3) is 0.515. The standard InChI is InChI=1S/C33H45ClN6O3S/c1-23(2)43-30-21-27(39-14-12-26(13-15-39)40-18-16-38(5)17-19-40)11-10-25(30)20-32-35-22-28(34)33(37-32)36-29-8-6-7-9-31(29)44(41,42)24(3)4/h6-11,21-24,26H,12-20H2,1-5H3,(H,35,36,37). The lowest BCUT2D eigenvalue weighted by Crippen LogP contribution is -2.52. The molecule has 0 bridgehead atoms. The predicted molar refractivity (Wildman–Crippen MR) is 178 cm³/mol. The minimum atomic E-state index is -3.51. The lowest BCUT2D eigenvalue weighted by molar-refractivity contribution is 0.0982. The monoisotopic (exact) mass is 640 g/mol. The maximum atomic E-state index is 13.0. The average molecular weight is 641 g/mol. The Balaban J connectivity index is 1.32. The van der Waals surface area contributed by atoms with Crippen LogP contribution in [0.25, 0.3) is 0 Å². The quantitative estimate of drug-likeness (QED) is 0.302. The summed E-state index contributed by atoms with van der Waals surface area (Å²) in [5.74, 6) is 1.73.